The summed E-state index contributed by atoms with van der Waals surface area (Å²) in [7, 11) is 0. The highest BCUT2D eigenvalue weighted by molar-refractivity contribution is 5.90. The van der Waals surface area contributed by atoms with E-state index in [0.29, 0.717) is 12.3 Å². The van der Waals surface area contributed by atoms with Crippen molar-refractivity contribution in [3.63, 3.8) is 0 Å². The zero-order valence-electron chi connectivity index (χ0n) is 18.2. The SMILES string of the molecule is C[C@H](CC(=O)C1(C#N)CC1)c1ccc(C2CN(c3ccc(OCC4CC4)cc3)C2)cc1. The van der Waals surface area contributed by atoms with Crippen molar-refractivity contribution in [2.45, 2.75) is 50.9 Å². The van der Waals surface area contributed by atoms with Crippen LogP contribution in [0.25, 0.3) is 0 Å². The van der Waals surface area contributed by atoms with Gasteiger partial charge in [0, 0.05) is 31.1 Å². The van der Waals surface area contributed by atoms with Gasteiger partial charge in [-0.15, -0.1) is 0 Å². The highest BCUT2D eigenvalue weighted by atomic mass is 16.5. The van der Waals surface area contributed by atoms with Crippen LogP contribution in [0.1, 0.15) is 62.0 Å². The molecule has 0 N–H and O–H groups in total. The van der Waals surface area contributed by atoms with Crippen LogP contribution in [-0.2, 0) is 4.79 Å². The maximum atomic E-state index is 12.4. The first-order valence-electron chi connectivity index (χ1n) is 11.6. The topological polar surface area (TPSA) is 53.3 Å². The Bertz CT molecular complexity index is 975. The van der Waals surface area contributed by atoms with E-state index >= 15 is 0 Å². The molecule has 0 radical (unpaired) electrons. The fourth-order valence-electron chi connectivity index (χ4n) is 4.42. The van der Waals surface area contributed by atoms with Gasteiger partial charge < -0.3 is 9.64 Å². The molecule has 4 heteroatoms. The number of hydrogen-bond donors (Lipinski definition) is 0. The van der Waals surface area contributed by atoms with Gasteiger partial charge in [-0.25, -0.2) is 0 Å². The third kappa shape index (κ3) is 4.32. The second-order valence-corrected chi connectivity index (χ2v) is 9.74. The molecule has 0 aromatic heterocycles. The van der Waals surface area contributed by atoms with Gasteiger partial charge in [0.15, 0.2) is 5.78 Å². The molecule has 2 aromatic carbocycles. The van der Waals surface area contributed by atoms with Gasteiger partial charge in [-0.05, 0) is 72.9 Å². The lowest BCUT2D eigenvalue weighted by atomic mass is 9.86. The number of hydrogen-bond acceptors (Lipinski definition) is 4. The summed E-state index contributed by atoms with van der Waals surface area (Å²) in [6.07, 6.45) is 4.57. The average Bonchev–Trinajstić information content (AvgIpc) is 3.67. The number of ether oxygens (including phenoxy) is 1. The number of nitriles is 1. The van der Waals surface area contributed by atoms with Crippen molar-refractivity contribution in [3.05, 3.63) is 59.7 Å². The molecule has 5 rings (SSSR count). The highest BCUT2D eigenvalue weighted by Gasteiger charge is 2.50. The first kappa shape index (κ1) is 20.1. The summed E-state index contributed by atoms with van der Waals surface area (Å²) in [6, 6.07) is 19.5. The Morgan fingerprint density at radius 3 is 2.39 bits per heavy atom. The molecule has 3 aliphatic rings. The lowest BCUT2D eigenvalue weighted by Crippen LogP contribution is -2.45. The summed E-state index contributed by atoms with van der Waals surface area (Å²) in [5.74, 6) is 2.57. The van der Waals surface area contributed by atoms with Gasteiger partial charge in [0.25, 0.3) is 0 Å². The van der Waals surface area contributed by atoms with Gasteiger partial charge in [-0.1, -0.05) is 31.2 Å². The maximum absolute atomic E-state index is 12.4. The van der Waals surface area contributed by atoms with Gasteiger partial charge in [0.05, 0.1) is 12.7 Å². The van der Waals surface area contributed by atoms with Crippen LogP contribution in [0.4, 0.5) is 5.69 Å². The maximum Gasteiger partial charge on any atom is 0.153 e. The van der Waals surface area contributed by atoms with Gasteiger partial charge in [0.1, 0.15) is 11.2 Å². The number of anilines is 1. The Morgan fingerprint density at radius 2 is 1.81 bits per heavy atom. The third-order valence-corrected chi connectivity index (χ3v) is 7.23. The molecule has 0 spiro atoms. The second kappa shape index (κ2) is 8.04. The fourth-order valence-corrected chi connectivity index (χ4v) is 4.42. The zero-order valence-corrected chi connectivity index (χ0v) is 18.2. The van der Waals surface area contributed by atoms with E-state index in [4.69, 9.17) is 4.74 Å². The number of carbonyl (C=O) groups excluding carboxylic acids is 1. The summed E-state index contributed by atoms with van der Waals surface area (Å²) in [5, 5.41) is 9.22. The van der Waals surface area contributed by atoms with Crippen molar-refractivity contribution >= 4 is 11.5 Å². The van der Waals surface area contributed by atoms with E-state index in [-0.39, 0.29) is 11.7 Å². The predicted molar refractivity (Wildman–Crippen MR) is 121 cm³/mol. The molecular formula is C27H30N2O2. The van der Waals surface area contributed by atoms with E-state index in [0.717, 1.165) is 44.2 Å². The summed E-state index contributed by atoms with van der Waals surface area (Å²) >= 11 is 0. The lowest BCUT2D eigenvalue weighted by Gasteiger charge is -2.41. The summed E-state index contributed by atoms with van der Waals surface area (Å²) in [5.41, 5.74) is 3.14. The van der Waals surface area contributed by atoms with Crippen LogP contribution in [0, 0.1) is 22.7 Å². The van der Waals surface area contributed by atoms with Crippen molar-refractivity contribution in [1.29, 1.82) is 5.26 Å². The molecule has 160 valence electrons. The smallest absolute Gasteiger partial charge is 0.153 e. The van der Waals surface area contributed by atoms with Gasteiger partial charge in [-0.3, -0.25) is 4.79 Å². The van der Waals surface area contributed by atoms with Crippen molar-refractivity contribution in [1.82, 2.24) is 0 Å². The molecule has 1 atom stereocenters. The van der Waals surface area contributed by atoms with E-state index in [1.54, 1.807) is 0 Å². The molecular weight excluding hydrogens is 384 g/mol. The van der Waals surface area contributed by atoms with Crippen LogP contribution >= 0.6 is 0 Å². The molecule has 1 aliphatic heterocycles. The third-order valence-electron chi connectivity index (χ3n) is 7.23. The summed E-state index contributed by atoms with van der Waals surface area (Å²) < 4.78 is 5.83. The van der Waals surface area contributed by atoms with Gasteiger partial charge in [0.2, 0.25) is 0 Å². The van der Waals surface area contributed by atoms with E-state index in [1.807, 2.05) is 0 Å². The van der Waals surface area contributed by atoms with Crippen LogP contribution in [-0.4, -0.2) is 25.5 Å². The summed E-state index contributed by atoms with van der Waals surface area (Å²) in [4.78, 5) is 14.8. The standard InChI is InChI=1S/C27H30N2O2/c1-19(14-26(30)27(18-28)12-13-27)21-4-6-22(7-5-21)23-15-29(16-23)24-8-10-25(11-9-24)31-17-20-2-3-20/h4-11,19-20,23H,2-3,12-17H2,1H3/t19-/m1/s1. The number of nitrogens with zero attached hydrogens (tertiary/aromatic N) is 2. The van der Waals surface area contributed by atoms with Crippen LogP contribution in [0.5, 0.6) is 5.75 Å². The van der Waals surface area contributed by atoms with Gasteiger partial charge in [-0.2, -0.15) is 5.26 Å². The molecule has 0 bridgehead atoms. The normalized spacial score (nSPS) is 20.5. The van der Waals surface area contributed by atoms with Gasteiger partial charge >= 0.3 is 0 Å². The van der Waals surface area contributed by atoms with Crippen molar-refractivity contribution in [2.24, 2.45) is 11.3 Å². The molecule has 0 amide bonds. The molecule has 0 unspecified atom stereocenters. The van der Waals surface area contributed by atoms with Crippen LogP contribution in [0.15, 0.2) is 48.5 Å². The van der Waals surface area contributed by atoms with Crippen LogP contribution < -0.4 is 9.64 Å². The minimum atomic E-state index is -0.662. The Hall–Kier alpha value is -2.80. The van der Waals surface area contributed by atoms with E-state index in [2.05, 4.69) is 66.4 Å². The minimum absolute atomic E-state index is 0.116. The number of rotatable bonds is 9. The van der Waals surface area contributed by atoms with Crippen molar-refractivity contribution in [3.8, 4) is 11.8 Å². The lowest BCUT2D eigenvalue weighted by molar-refractivity contribution is -0.122. The molecule has 31 heavy (non-hydrogen) atoms. The van der Waals surface area contributed by atoms with Crippen LogP contribution in [0.2, 0.25) is 0 Å². The molecule has 1 saturated heterocycles. The second-order valence-electron chi connectivity index (χ2n) is 9.74. The van der Waals surface area contributed by atoms with E-state index in [9.17, 15) is 10.1 Å². The molecule has 3 fully saturated rings. The Labute approximate surface area is 184 Å². The average molecular weight is 415 g/mol. The van der Waals surface area contributed by atoms with Crippen molar-refractivity contribution < 1.29 is 9.53 Å². The first-order valence-corrected chi connectivity index (χ1v) is 11.6. The van der Waals surface area contributed by atoms with Crippen molar-refractivity contribution in [2.75, 3.05) is 24.6 Å². The molecule has 2 saturated carbocycles. The molecule has 2 aromatic rings. The Morgan fingerprint density at radius 1 is 1.13 bits per heavy atom. The Balaban J connectivity index is 1.12. The number of ketones is 1. The predicted octanol–water partition coefficient (Wildman–Crippen LogP) is 5.45. The first-order chi connectivity index (χ1) is 15.1. The van der Waals surface area contributed by atoms with E-state index in [1.165, 1.54) is 29.7 Å². The number of carbonyl (C=O) groups is 1. The monoisotopic (exact) mass is 414 g/mol. The molecule has 2 aliphatic carbocycles. The largest absolute Gasteiger partial charge is 0.493 e. The van der Waals surface area contributed by atoms with E-state index < -0.39 is 5.41 Å². The zero-order chi connectivity index (χ0) is 21.4. The quantitative estimate of drug-likeness (QED) is 0.548. The molecule has 4 nitrogen and oxygen atoms in total. The fraction of sp³-hybridized carbons (Fsp3) is 0.481. The van der Waals surface area contributed by atoms with Crippen LogP contribution in [0.3, 0.4) is 0 Å². The number of benzene rings is 2. The molecule has 1 heterocycles. The minimum Gasteiger partial charge on any atom is -0.493 e. The number of Topliss-reactive ketones (excluding diaryl/α,β-unsaturated/α-hetero) is 1. The summed E-state index contributed by atoms with van der Waals surface area (Å²) in [6.45, 7) is 5.00. The highest BCUT2D eigenvalue weighted by Crippen LogP contribution is 2.47. The Kier molecular flexibility index (Phi) is 5.22.